The van der Waals surface area contributed by atoms with Gasteiger partial charge in [-0.3, -0.25) is 4.79 Å². The number of ether oxygens (including phenoxy) is 1. The summed E-state index contributed by atoms with van der Waals surface area (Å²) in [6.45, 7) is 2.04. The Kier molecular flexibility index (Phi) is 6.30. The van der Waals surface area contributed by atoms with Gasteiger partial charge in [0.25, 0.3) is 5.91 Å². The fraction of sp³-hybridized carbons (Fsp3) is 0.0870. The molecule has 0 radical (unpaired) electrons. The standard InChI is InChI=1S/C23H18N2O5/c1-2-29-23(28)16-9-7-15(8-10-16)21-12-11-18(30-21)13-17(14-24)22(27)25-19-5-3-4-6-20(19)26/h3-13,26H,2H2,1H3,(H,25,27)/b17-13+. The summed E-state index contributed by atoms with van der Waals surface area (Å²) in [4.78, 5) is 24.1. The highest BCUT2D eigenvalue weighted by atomic mass is 16.5. The number of nitrogens with zero attached hydrogens (tertiary/aromatic N) is 1. The van der Waals surface area contributed by atoms with E-state index in [1.165, 1.54) is 18.2 Å². The normalized spacial score (nSPS) is 10.9. The number of amides is 1. The molecule has 2 N–H and O–H groups in total. The van der Waals surface area contributed by atoms with E-state index in [1.54, 1.807) is 55.5 Å². The van der Waals surface area contributed by atoms with Crippen molar-refractivity contribution in [2.24, 2.45) is 0 Å². The largest absolute Gasteiger partial charge is 0.506 e. The number of anilines is 1. The van der Waals surface area contributed by atoms with Crippen molar-refractivity contribution >= 4 is 23.6 Å². The number of aromatic hydroxyl groups is 1. The van der Waals surface area contributed by atoms with Crippen LogP contribution in [0.1, 0.15) is 23.0 Å². The second-order valence-electron chi connectivity index (χ2n) is 6.14. The smallest absolute Gasteiger partial charge is 0.338 e. The minimum atomic E-state index is -0.671. The first-order chi connectivity index (χ1) is 14.5. The van der Waals surface area contributed by atoms with E-state index in [-0.39, 0.29) is 17.0 Å². The molecule has 0 aliphatic rings. The van der Waals surface area contributed by atoms with Crippen LogP contribution in [-0.2, 0) is 9.53 Å². The van der Waals surface area contributed by atoms with Crippen LogP contribution in [0.4, 0.5) is 5.69 Å². The Labute approximate surface area is 172 Å². The van der Waals surface area contributed by atoms with Crippen molar-refractivity contribution in [1.29, 1.82) is 5.26 Å². The minimum absolute atomic E-state index is 0.102. The third kappa shape index (κ3) is 4.75. The molecule has 1 heterocycles. The Morgan fingerprint density at radius 2 is 1.87 bits per heavy atom. The first-order valence-electron chi connectivity index (χ1n) is 9.10. The van der Waals surface area contributed by atoms with E-state index >= 15 is 0 Å². The maximum Gasteiger partial charge on any atom is 0.338 e. The van der Waals surface area contributed by atoms with E-state index < -0.39 is 11.9 Å². The van der Waals surface area contributed by atoms with Crippen LogP contribution in [0.3, 0.4) is 0 Å². The van der Waals surface area contributed by atoms with Gasteiger partial charge in [-0.05, 0) is 43.3 Å². The van der Waals surface area contributed by atoms with Gasteiger partial charge < -0.3 is 19.6 Å². The Morgan fingerprint density at radius 1 is 1.13 bits per heavy atom. The predicted octanol–water partition coefficient (Wildman–Crippen LogP) is 4.37. The lowest BCUT2D eigenvalue weighted by molar-refractivity contribution is -0.112. The summed E-state index contributed by atoms with van der Waals surface area (Å²) in [5.74, 6) is -0.356. The predicted molar refractivity (Wildman–Crippen MR) is 110 cm³/mol. The molecule has 0 saturated heterocycles. The summed E-state index contributed by atoms with van der Waals surface area (Å²) in [5.41, 5.74) is 1.17. The second kappa shape index (κ2) is 9.26. The molecule has 30 heavy (non-hydrogen) atoms. The summed E-state index contributed by atoms with van der Waals surface area (Å²) in [5, 5.41) is 21.6. The number of carbonyl (C=O) groups is 2. The van der Waals surface area contributed by atoms with Gasteiger partial charge in [0, 0.05) is 11.6 Å². The van der Waals surface area contributed by atoms with Crippen LogP contribution >= 0.6 is 0 Å². The van der Waals surface area contributed by atoms with E-state index in [2.05, 4.69) is 5.32 Å². The van der Waals surface area contributed by atoms with Gasteiger partial charge in [-0.2, -0.15) is 5.26 Å². The molecule has 1 aromatic heterocycles. The number of carbonyl (C=O) groups excluding carboxylic acids is 2. The van der Waals surface area contributed by atoms with Crippen LogP contribution < -0.4 is 5.32 Å². The van der Waals surface area contributed by atoms with Gasteiger partial charge in [0.2, 0.25) is 0 Å². The molecule has 0 spiro atoms. The van der Waals surface area contributed by atoms with Crippen molar-refractivity contribution in [3.05, 3.63) is 77.6 Å². The van der Waals surface area contributed by atoms with Crippen molar-refractivity contribution in [3.63, 3.8) is 0 Å². The lowest BCUT2D eigenvalue weighted by atomic mass is 10.1. The number of rotatable bonds is 6. The molecule has 3 aromatic rings. The summed E-state index contributed by atoms with van der Waals surface area (Å²) >= 11 is 0. The van der Waals surface area contributed by atoms with Crippen molar-refractivity contribution < 1.29 is 23.8 Å². The highest BCUT2D eigenvalue weighted by Crippen LogP contribution is 2.25. The Bertz CT molecular complexity index is 1140. The van der Waals surface area contributed by atoms with Gasteiger partial charge in [0.1, 0.15) is 28.9 Å². The summed E-state index contributed by atoms with van der Waals surface area (Å²) in [7, 11) is 0. The zero-order chi connectivity index (χ0) is 21.5. The number of nitriles is 1. The van der Waals surface area contributed by atoms with Crippen LogP contribution in [0.25, 0.3) is 17.4 Å². The first-order valence-corrected chi connectivity index (χ1v) is 9.10. The molecule has 7 nitrogen and oxygen atoms in total. The van der Waals surface area contributed by atoms with E-state index in [9.17, 15) is 20.0 Å². The zero-order valence-electron chi connectivity index (χ0n) is 16.1. The summed E-state index contributed by atoms with van der Waals surface area (Å²) in [6.07, 6.45) is 1.31. The molecule has 2 aromatic carbocycles. The van der Waals surface area contributed by atoms with Crippen molar-refractivity contribution in [3.8, 4) is 23.1 Å². The number of benzene rings is 2. The highest BCUT2D eigenvalue weighted by Gasteiger charge is 2.13. The fourth-order valence-electron chi connectivity index (χ4n) is 2.63. The quantitative estimate of drug-likeness (QED) is 0.274. The van der Waals surface area contributed by atoms with Gasteiger partial charge >= 0.3 is 5.97 Å². The highest BCUT2D eigenvalue weighted by molar-refractivity contribution is 6.10. The lowest BCUT2D eigenvalue weighted by Crippen LogP contribution is -2.13. The number of hydrogen-bond donors (Lipinski definition) is 2. The SMILES string of the molecule is CCOC(=O)c1ccc(-c2ccc(/C=C(\C#N)C(=O)Nc3ccccc3O)o2)cc1. The molecule has 0 bridgehead atoms. The average Bonchev–Trinajstić information content (AvgIpc) is 3.22. The molecule has 0 unspecified atom stereocenters. The van der Waals surface area contributed by atoms with Crippen molar-refractivity contribution in [2.45, 2.75) is 6.92 Å². The topological polar surface area (TPSA) is 113 Å². The van der Waals surface area contributed by atoms with Gasteiger partial charge in [0.15, 0.2) is 0 Å². The molecule has 150 valence electrons. The minimum Gasteiger partial charge on any atom is -0.506 e. The van der Waals surface area contributed by atoms with Crippen molar-refractivity contribution in [1.82, 2.24) is 0 Å². The third-order valence-corrected chi connectivity index (χ3v) is 4.11. The van der Waals surface area contributed by atoms with Crippen LogP contribution in [0.15, 0.2) is 70.7 Å². The first kappa shape index (κ1) is 20.4. The fourth-order valence-corrected chi connectivity index (χ4v) is 2.63. The number of phenolic OH excluding ortho intramolecular Hbond substituents is 1. The number of phenols is 1. The molecule has 1 amide bonds. The number of para-hydroxylation sites is 2. The van der Waals surface area contributed by atoms with Crippen LogP contribution in [0.2, 0.25) is 0 Å². The average molecular weight is 402 g/mol. The Morgan fingerprint density at radius 3 is 2.53 bits per heavy atom. The number of esters is 1. The second-order valence-corrected chi connectivity index (χ2v) is 6.14. The number of nitrogens with one attached hydrogen (secondary N) is 1. The summed E-state index contributed by atoms with van der Waals surface area (Å²) < 4.78 is 10.7. The number of hydrogen-bond acceptors (Lipinski definition) is 6. The summed E-state index contributed by atoms with van der Waals surface area (Å²) in [6, 6.07) is 18.1. The monoisotopic (exact) mass is 402 g/mol. The molecule has 0 saturated carbocycles. The van der Waals surface area contributed by atoms with E-state index in [1.807, 2.05) is 6.07 Å². The van der Waals surface area contributed by atoms with Crippen LogP contribution in [-0.4, -0.2) is 23.6 Å². The molecule has 0 aliphatic heterocycles. The lowest BCUT2D eigenvalue weighted by Gasteiger charge is -2.05. The van der Waals surface area contributed by atoms with Gasteiger partial charge in [-0.1, -0.05) is 24.3 Å². The van der Waals surface area contributed by atoms with Crippen LogP contribution in [0, 0.1) is 11.3 Å². The molecular formula is C23H18N2O5. The molecule has 0 aliphatic carbocycles. The zero-order valence-corrected chi connectivity index (χ0v) is 16.1. The maximum atomic E-state index is 12.3. The van der Waals surface area contributed by atoms with Crippen LogP contribution in [0.5, 0.6) is 5.75 Å². The van der Waals surface area contributed by atoms with E-state index in [0.717, 1.165) is 5.56 Å². The van der Waals surface area contributed by atoms with Crippen molar-refractivity contribution in [2.75, 3.05) is 11.9 Å². The molecule has 3 rings (SSSR count). The van der Waals surface area contributed by atoms with E-state index in [4.69, 9.17) is 9.15 Å². The number of furan rings is 1. The third-order valence-electron chi connectivity index (χ3n) is 4.11. The molecular weight excluding hydrogens is 384 g/mol. The van der Waals surface area contributed by atoms with E-state index in [0.29, 0.717) is 23.7 Å². The van der Waals surface area contributed by atoms with Gasteiger partial charge in [0.05, 0.1) is 17.9 Å². The Hall–Kier alpha value is -4.31. The molecule has 7 heteroatoms. The van der Waals surface area contributed by atoms with Gasteiger partial charge in [-0.25, -0.2) is 4.79 Å². The molecule has 0 fully saturated rings. The Balaban J connectivity index is 1.76. The van der Waals surface area contributed by atoms with Gasteiger partial charge in [-0.15, -0.1) is 0 Å². The molecule has 0 atom stereocenters. The maximum absolute atomic E-state index is 12.3.